The van der Waals surface area contributed by atoms with E-state index < -0.39 is 0 Å². The van der Waals surface area contributed by atoms with Gasteiger partial charge in [-0.25, -0.2) is 0 Å². The predicted octanol–water partition coefficient (Wildman–Crippen LogP) is 2.56. The Kier molecular flexibility index (Phi) is 2.17. The zero-order valence-electron chi connectivity index (χ0n) is 11.2. The van der Waals surface area contributed by atoms with Crippen LogP contribution in [-0.2, 0) is 4.79 Å². The SMILES string of the molecule is CC1=C2[C@H](CC1=O)[C@H](C)[C@@H](O)C[C@@H]1[C@H]2C1(C)C. The fourth-order valence-corrected chi connectivity index (χ4v) is 4.38. The molecule has 0 amide bonds. The number of carbonyl (C=O) groups excluding carboxylic acids is 1. The molecule has 0 aliphatic heterocycles. The Morgan fingerprint density at radius 2 is 2.00 bits per heavy atom. The predicted molar refractivity (Wildman–Crippen MR) is 66.4 cm³/mol. The summed E-state index contributed by atoms with van der Waals surface area (Å²) in [7, 11) is 0. The molecule has 0 aromatic rings. The van der Waals surface area contributed by atoms with Crippen LogP contribution in [0.2, 0.25) is 0 Å². The van der Waals surface area contributed by atoms with E-state index in [1.54, 1.807) is 0 Å². The van der Waals surface area contributed by atoms with Gasteiger partial charge in [0.25, 0.3) is 0 Å². The van der Waals surface area contributed by atoms with Crippen molar-refractivity contribution in [3.05, 3.63) is 11.1 Å². The van der Waals surface area contributed by atoms with Gasteiger partial charge in [-0.15, -0.1) is 0 Å². The maximum absolute atomic E-state index is 11.9. The Labute approximate surface area is 103 Å². The smallest absolute Gasteiger partial charge is 0.159 e. The van der Waals surface area contributed by atoms with Crippen molar-refractivity contribution >= 4 is 5.78 Å². The number of hydrogen-bond acceptors (Lipinski definition) is 2. The van der Waals surface area contributed by atoms with E-state index in [-0.39, 0.29) is 12.0 Å². The summed E-state index contributed by atoms with van der Waals surface area (Å²) >= 11 is 0. The molecule has 0 spiro atoms. The first-order chi connectivity index (χ1) is 7.85. The summed E-state index contributed by atoms with van der Waals surface area (Å²) in [6, 6.07) is 0. The molecule has 1 N–H and O–H groups in total. The molecule has 0 bridgehead atoms. The highest BCUT2D eigenvalue weighted by atomic mass is 16.3. The highest BCUT2D eigenvalue weighted by molar-refractivity contribution is 5.99. The Balaban J connectivity index is 2.07. The minimum atomic E-state index is -0.231. The zero-order chi connectivity index (χ0) is 12.5. The van der Waals surface area contributed by atoms with Crippen LogP contribution in [0.5, 0.6) is 0 Å². The summed E-state index contributed by atoms with van der Waals surface area (Å²) < 4.78 is 0. The first kappa shape index (κ1) is 11.5. The molecule has 3 rings (SSSR count). The van der Waals surface area contributed by atoms with Gasteiger partial charge in [-0.3, -0.25) is 4.79 Å². The normalized spacial score (nSPS) is 47.6. The molecule has 0 radical (unpaired) electrons. The minimum Gasteiger partial charge on any atom is -0.393 e. The number of ketones is 1. The van der Waals surface area contributed by atoms with Crippen LogP contribution < -0.4 is 0 Å². The number of aliphatic hydroxyl groups is 1. The van der Waals surface area contributed by atoms with Gasteiger partial charge in [-0.1, -0.05) is 26.3 Å². The lowest BCUT2D eigenvalue weighted by molar-refractivity contribution is -0.115. The van der Waals surface area contributed by atoms with Crippen molar-refractivity contribution in [3.8, 4) is 0 Å². The van der Waals surface area contributed by atoms with E-state index in [0.29, 0.717) is 35.4 Å². The summed E-state index contributed by atoms with van der Waals surface area (Å²) in [5.41, 5.74) is 2.70. The monoisotopic (exact) mass is 234 g/mol. The quantitative estimate of drug-likeness (QED) is 0.699. The van der Waals surface area contributed by atoms with Gasteiger partial charge >= 0.3 is 0 Å². The Morgan fingerprint density at radius 3 is 2.65 bits per heavy atom. The second-order valence-corrected chi connectivity index (χ2v) is 6.88. The van der Waals surface area contributed by atoms with Gasteiger partial charge in [0.2, 0.25) is 0 Å². The zero-order valence-corrected chi connectivity index (χ0v) is 11.2. The third kappa shape index (κ3) is 1.33. The fraction of sp³-hybridized carbons (Fsp3) is 0.800. The summed E-state index contributed by atoms with van der Waals surface area (Å²) in [4.78, 5) is 11.9. The highest BCUT2D eigenvalue weighted by Crippen LogP contribution is 2.68. The molecular weight excluding hydrogens is 212 g/mol. The van der Waals surface area contributed by atoms with Crippen LogP contribution in [0.15, 0.2) is 11.1 Å². The van der Waals surface area contributed by atoms with Gasteiger partial charge in [0, 0.05) is 6.42 Å². The third-order valence-electron chi connectivity index (χ3n) is 5.78. The minimum absolute atomic E-state index is 0.231. The van der Waals surface area contributed by atoms with Crippen LogP contribution in [-0.4, -0.2) is 17.0 Å². The maximum atomic E-state index is 11.9. The van der Waals surface area contributed by atoms with E-state index >= 15 is 0 Å². The van der Waals surface area contributed by atoms with Gasteiger partial charge in [-0.2, -0.15) is 0 Å². The Hall–Kier alpha value is -0.630. The first-order valence-corrected chi connectivity index (χ1v) is 6.77. The molecule has 2 nitrogen and oxygen atoms in total. The van der Waals surface area contributed by atoms with E-state index in [4.69, 9.17) is 0 Å². The van der Waals surface area contributed by atoms with E-state index in [2.05, 4.69) is 20.8 Å². The average Bonchev–Trinajstić information content (AvgIpc) is 2.68. The molecule has 2 saturated carbocycles. The lowest BCUT2D eigenvalue weighted by atomic mass is 9.81. The van der Waals surface area contributed by atoms with Crippen molar-refractivity contribution in [2.45, 2.75) is 46.6 Å². The standard InChI is InChI=1S/C15H22O2/c1-7-9-5-11(16)8(2)13(9)14-10(6-12(7)17)15(14,3)4/h7,9-10,12,14,17H,5-6H2,1-4H3/t7-,9+,10+,12-,14+/m0/s1. The van der Waals surface area contributed by atoms with Crippen molar-refractivity contribution < 1.29 is 9.90 Å². The molecule has 0 saturated heterocycles. The molecule has 2 fully saturated rings. The topological polar surface area (TPSA) is 37.3 Å². The molecule has 0 heterocycles. The molecular formula is C15H22O2. The summed E-state index contributed by atoms with van der Waals surface area (Å²) in [5, 5.41) is 10.3. The molecule has 0 unspecified atom stereocenters. The lowest BCUT2D eigenvalue weighted by Gasteiger charge is -2.26. The summed E-state index contributed by atoms with van der Waals surface area (Å²) in [6.45, 7) is 8.67. The molecule has 2 heteroatoms. The molecule has 3 aliphatic rings. The van der Waals surface area contributed by atoms with Crippen LogP contribution in [0.1, 0.15) is 40.5 Å². The first-order valence-electron chi connectivity index (χ1n) is 6.77. The second kappa shape index (κ2) is 3.23. The lowest BCUT2D eigenvalue weighted by Crippen LogP contribution is -2.26. The van der Waals surface area contributed by atoms with Crippen molar-refractivity contribution in [1.29, 1.82) is 0 Å². The van der Waals surface area contributed by atoms with Crippen LogP contribution in [0.4, 0.5) is 0 Å². The van der Waals surface area contributed by atoms with Crippen molar-refractivity contribution in [1.82, 2.24) is 0 Å². The Morgan fingerprint density at radius 1 is 1.35 bits per heavy atom. The van der Waals surface area contributed by atoms with E-state index in [0.717, 1.165) is 12.0 Å². The van der Waals surface area contributed by atoms with Gasteiger partial charge in [-0.05, 0) is 48.0 Å². The second-order valence-electron chi connectivity index (χ2n) is 6.88. The van der Waals surface area contributed by atoms with Crippen LogP contribution in [0.3, 0.4) is 0 Å². The van der Waals surface area contributed by atoms with Crippen LogP contribution in [0.25, 0.3) is 0 Å². The van der Waals surface area contributed by atoms with Crippen LogP contribution in [0, 0.1) is 29.1 Å². The number of Topliss-reactive ketones (excluding diaryl/α,β-unsaturated/α-hetero) is 1. The highest BCUT2D eigenvalue weighted by Gasteiger charge is 2.64. The van der Waals surface area contributed by atoms with E-state index in [1.165, 1.54) is 5.57 Å². The van der Waals surface area contributed by atoms with Gasteiger partial charge in [0.05, 0.1) is 6.10 Å². The summed E-state index contributed by atoms with van der Waals surface area (Å²) in [6.07, 6.45) is 1.32. The number of rotatable bonds is 0. The van der Waals surface area contributed by atoms with Crippen molar-refractivity contribution in [3.63, 3.8) is 0 Å². The van der Waals surface area contributed by atoms with Gasteiger partial charge < -0.3 is 5.11 Å². The average molecular weight is 234 g/mol. The number of aliphatic hydroxyl groups excluding tert-OH is 1. The number of allylic oxidation sites excluding steroid dienone is 2. The number of carbonyl (C=O) groups is 1. The molecule has 94 valence electrons. The van der Waals surface area contributed by atoms with Crippen molar-refractivity contribution in [2.24, 2.45) is 29.1 Å². The van der Waals surface area contributed by atoms with E-state index in [1.807, 2.05) is 6.92 Å². The fourth-order valence-electron chi connectivity index (χ4n) is 4.38. The van der Waals surface area contributed by atoms with Gasteiger partial charge in [0.15, 0.2) is 5.78 Å². The molecule has 5 atom stereocenters. The largest absolute Gasteiger partial charge is 0.393 e. The van der Waals surface area contributed by atoms with E-state index in [9.17, 15) is 9.90 Å². The third-order valence-corrected chi connectivity index (χ3v) is 5.78. The molecule has 17 heavy (non-hydrogen) atoms. The molecule has 0 aromatic carbocycles. The Bertz CT molecular complexity index is 415. The van der Waals surface area contributed by atoms with Crippen LogP contribution >= 0.6 is 0 Å². The summed E-state index contributed by atoms with van der Waals surface area (Å²) in [5.74, 6) is 2.01. The maximum Gasteiger partial charge on any atom is 0.159 e. The molecule has 0 aromatic heterocycles. The number of fused-ring (bicyclic) bond motifs is 3. The van der Waals surface area contributed by atoms with Gasteiger partial charge in [0.1, 0.15) is 0 Å². The van der Waals surface area contributed by atoms with Crippen molar-refractivity contribution in [2.75, 3.05) is 0 Å². The number of hydrogen-bond donors (Lipinski definition) is 1. The molecule has 3 aliphatic carbocycles.